The number of hydrogen-bond acceptors (Lipinski definition) is 4. The largest absolute Gasteiger partial charge is 0.494 e. The molecule has 1 aromatic heterocycles. The van der Waals surface area contributed by atoms with Crippen molar-refractivity contribution in [2.24, 2.45) is 11.8 Å². The number of aromatic hydroxyl groups is 2. The second-order valence-corrected chi connectivity index (χ2v) is 7.06. The van der Waals surface area contributed by atoms with Crippen LogP contribution in [-0.2, 0) is 0 Å². The first kappa shape index (κ1) is 13.8. The Morgan fingerprint density at radius 3 is 2.25 bits per heavy atom. The lowest BCUT2D eigenvalue weighted by molar-refractivity contribution is -0.387. The minimum Gasteiger partial charge on any atom is -0.494 e. The van der Waals surface area contributed by atoms with Crippen molar-refractivity contribution >= 4 is 5.69 Å². The van der Waals surface area contributed by atoms with Crippen LogP contribution in [0.15, 0.2) is 18.2 Å². The van der Waals surface area contributed by atoms with E-state index in [4.69, 9.17) is 0 Å². The molecule has 124 valence electrons. The van der Waals surface area contributed by atoms with E-state index in [0.717, 1.165) is 42.5 Å². The highest BCUT2D eigenvalue weighted by molar-refractivity contribution is 5.60. The summed E-state index contributed by atoms with van der Waals surface area (Å²) in [6.07, 6.45) is 3.14. The van der Waals surface area contributed by atoms with Gasteiger partial charge in [-0.3, -0.25) is 14.7 Å². The topological polar surface area (TPSA) is 88.5 Å². The van der Waals surface area contributed by atoms with Crippen LogP contribution < -0.4 is 0 Å². The van der Waals surface area contributed by atoms with E-state index in [0.29, 0.717) is 11.8 Å². The Hall–Kier alpha value is -2.57. The number of nitro benzene ring substituents is 1. The molecule has 1 heterocycles. The minimum absolute atomic E-state index is 0.0662. The Kier molecular flexibility index (Phi) is 2.47. The molecular formula is C17H15FN2O4. The Labute approximate surface area is 136 Å². The molecule has 7 heteroatoms. The van der Waals surface area contributed by atoms with Crippen molar-refractivity contribution < 1.29 is 19.5 Å². The van der Waals surface area contributed by atoms with Gasteiger partial charge in [-0.15, -0.1) is 0 Å². The third-order valence-electron chi connectivity index (χ3n) is 6.04. The van der Waals surface area contributed by atoms with Gasteiger partial charge in [0, 0.05) is 17.2 Å². The van der Waals surface area contributed by atoms with Crippen molar-refractivity contribution in [3.05, 3.63) is 45.3 Å². The van der Waals surface area contributed by atoms with Crippen LogP contribution in [0.3, 0.4) is 0 Å². The molecule has 2 aromatic rings. The van der Waals surface area contributed by atoms with Crippen molar-refractivity contribution in [1.82, 2.24) is 4.57 Å². The highest BCUT2D eigenvalue weighted by atomic mass is 19.1. The van der Waals surface area contributed by atoms with Gasteiger partial charge in [-0.25, -0.2) is 0 Å². The number of hydrogen-bond donors (Lipinski definition) is 2. The molecule has 0 saturated heterocycles. The van der Waals surface area contributed by atoms with Crippen LogP contribution >= 0.6 is 0 Å². The molecule has 4 atom stereocenters. The van der Waals surface area contributed by atoms with Gasteiger partial charge in [0.25, 0.3) is 0 Å². The van der Waals surface area contributed by atoms with E-state index < -0.39 is 16.4 Å². The Bertz CT molecular complexity index is 867. The van der Waals surface area contributed by atoms with Crippen molar-refractivity contribution in [2.45, 2.75) is 31.1 Å². The summed E-state index contributed by atoms with van der Waals surface area (Å²) >= 11 is 0. The first-order valence-corrected chi connectivity index (χ1v) is 8.09. The lowest BCUT2D eigenvalue weighted by atomic mass is 9.68. The summed E-state index contributed by atoms with van der Waals surface area (Å²) < 4.78 is 14.8. The van der Waals surface area contributed by atoms with Crippen molar-refractivity contribution in [3.63, 3.8) is 0 Å². The quantitative estimate of drug-likeness (QED) is 0.651. The van der Waals surface area contributed by atoms with E-state index in [-0.39, 0.29) is 29.3 Å². The predicted molar refractivity (Wildman–Crippen MR) is 82.0 cm³/mol. The number of rotatable bonds is 2. The molecule has 2 fully saturated rings. The van der Waals surface area contributed by atoms with Crippen LogP contribution in [0.5, 0.6) is 11.8 Å². The normalized spacial score (nSPS) is 29.2. The third-order valence-corrected chi connectivity index (χ3v) is 6.04. The zero-order valence-electron chi connectivity index (χ0n) is 12.6. The van der Waals surface area contributed by atoms with Gasteiger partial charge in [-0.05, 0) is 55.1 Å². The van der Waals surface area contributed by atoms with Crippen LogP contribution in [0.1, 0.15) is 42.2 Å². The molecular weight excluding hydrogens is 315 g/mol. The zero-order valence-corrected chi connectivity index (χ0v) is 12.6. The molecule has 1 aromatic carbocycles. The van der Waals surface area contributed by atoms with Crippen LogP contribution in [0, 0.1) is 27.8 Å². The zero-order chi connectivity index (χ0) is 16.7. The number of halogens is 1. The van der Waals surface area contributed by atoms with Crippen LogP contribution in [0.25, 0.3) is 5.69 Å². The van der Waals surface area contributed by atoms with E-state index >= 15 is 0 Å². The number of nitrogens with zero attached hydrogens (tertiary/aromatic N) is 2. The smallest absolute Gasteiger partial charge is 0.306 e. The molecule has 2 N–H and O–H groups in total. The number of aromatic nitrogens is 1. The van der Waals surface area contributed by atoms with E-state index in [9.17, 15) is 24.7 Å². The first-order valence-electron chi connectivity index (χ1n) is 8.09. The molecule has 2 saturated carbocycles. The van der Waals surface area contributed by atoms with Gasteiger partial charge in [0.1, 0.15) is 0 Å². The van der Waals surface area contributed by atoms with E-state index in [1.807, 2.05) is 0 Å². The van der Waals surface area contributed by atoms with Gasteiger partial charge in [0.05, 0.1) is 10.6 Å². The van der Waals surface area contributed by atoms with E-state index in [2.05, 4.69) is 0 Å². The molecule has 2 bridgehead atoms. The van der Waals surface area contributed by atoms with Gasteiger partial charge < -0.3 is 10.2 Å². The summed E-state index contributed by atoms with van der Waals surface area (Å²) in [6, 6.07) is 3.36. The first-order chi connectivity index (χ1) is 11.5. The minimum atomic E-state index is -0.944. The maximum absolute atomic E-state index is 13.6. The van der Waals surface area contributed by atoms with Gasteiger partial charge in [-0.1, -0.05) is 0 Å². The van der Waals surface area contributed by atoms with Gasteiger partial charge >= 0.3 is 5.69 Å². The molecule has 0 spiro atoms. The van der Waals surface area contributed by atoms with Gasteiger partial charge in [0.15, 0.2) is 0 Å². The number of benzene rings is 1. The molecule has 6 rings (SSSR count). The van der Waals surface area contributed by atoms with Crippen molar-refractivity contribution in [2.75, 3.05) is 0 Å². The third kappa shape index (κ3) is 1.54. The Morgan fingerprint density at radius 1 is 1.12 bits per heavy atom. The molecule has 4 aliphatic rings. The Balaban J connectivity index is 1.72. The maximum atomic E-state index is 13.6. The summed E-state index contributed by atoms with van der Waals surface area (Å²) in [5, 5.41) is 32.4. The van der Waals surface area contributed by atoms with Gasteiger partial charge in [-0.2, -0.15) is 4.39 Å². The molecule has 24 heavy (non-hydrogen) atoms. The summed E-state index contributed by atoms with van der Waals surface area (Å²) in [4.78, 5) is 10.2. The summed E-state index contributed by atoms with van der Waals surface area (Å²) in [7, 11) is 0. The monoisotopic (exact) mass is 330 g/mol. The molecule has 4 aliphatic carbocycles. The van der Waals surface area contributed by atoms with E-state index in [1.165, 1.54) is 10.6 Å². The Morgan fingerprint density at radius 2 is 1.71 bits per heavy atom. The average molecular weight is 330 g/mol. The fourth-order valence-electron chi connectivity index (χ4n) is 5.00. The molecule has 0 amide bonds. The fourth-order valence-corrected chi connectivity index (χ4v) is 5.00. The highest BCUT2D eigenvalue weighted by Crippen LogP contribution is 2.70. The van der Waals surface area contributed by atoms with Crippen molar-refractivity contribution in [1.29, 1.82) is 0 Å². The second kappa shape index (κ2) is 4.28. The predicted octanol–water partition coefficient (Wildman–Crippen LogP) is 3.55. The number of nitro groups is 1. The lowest BCUT2D eigenvalue weighted by Crippen LogP contribution is -2.22. The SMILES string of the molecule is O=[N+]([O-])c1cc(-n2c(O)c3c(c2O)[C@@H]2CC[C@H]3[C@H]3C[C@H]32)ccc1F. The fraction of sp³-hybridized carbons (Fsp3) is 0.412. The standard InChI is InChI=1S/C17H15FN2O4/c18-12-4-1-7(5-13(12)20(23)24)19-16(21)14-8-2-3-9(11-6-10(8)11)15(14)17(19)22/h1,4-5,8-11,21-22H,2-3,6H2/t8-,9+,10+,11-. The van der Waals surface area contributed by atoms with Crippen LogP contribution in [-0.4, -0.2) is 19.7 Å². The lowest BCUT2D eigenvalue weighted by Gasteiger charge is -2.35. The van der Waals surface area contributed by atoms with Crippen LogP contribution in [0.2, 0.25) is 0 Å². The van der Waals surface area contributed by atoms with Gasteiger partial charge in [0.2, 0.25) is 17.6 Å². The summed E-state index contributed by atoms with van der Waals surface area (Å²) in [5.74, 6) is 0.586. The summed E-state index contributed by atoms with van der Waals surface area (Å²) in [5.41, 5.74) is 1.09. The average Bonchev–Trinajstić information content (AvgIpc) is 3.33. The molecule has 0 radical (unpaired) electrons. The molecule has 0 aliphatic heterocycles. The van der Waals surface area contributed by atoms with E-state index in [1.54, 1.807) is 0 Å². The molecule has 0 unspecified atom stereocenters. The number of fused-ring (bicyclic) bond motifs is 1. The highest BCUT2D eigenvalue weighted by Gasteiger charge is 2.58. The van der Waals surface area contributed by atoms with Crippen molar-refractivity contribution in [3.8, 4) is 17.4 Å². The molecule has 6 nitrogen and oxygen atoms in total. The van der Waals surface area contributed by atoms with Crippen LogP contribution in [0.4, 0.5) is 10.1 Å². The second-order valence-electron chi connectivity index (χ2n) is 7.06. The summed E-state index contributed by atoms with van der Waals surface area (Å²) in [6.45, 7) is 0. The maximum Gasteiger partial charge on any atom is 0.306 e.